The number of thiophene rings is 1. The monoisotopic (exact) mass is 210 g/mol. The van der Waals surface area contributed by atoms with E-state index in [0.717, 1.165) is 19.3 Å². The Kier molecular flexibility index (Phi) is 4.88. The average molecular weight is 210 g/mol. The van der Waals surface area contributed by atoms with Gasteiger partial charge in [0.1, 0.15) is 5.78 Å². The zero-order chi connectivity index (χ0) is 10.4. The van der Waals surface area contributed by atoms with Gasteiger partial charge in [-0.2, -0.15) is 11.3 Å². The molecule has 0 bridgehead atoms. The number of hydrogen-bond donors (Lipinski definition) is 0. The van der Waals surface area contributed by atoms with Crippen LogP contribution in [-0.4, -0.2) is 5.78 Å². The molecule has 1 rings (SSSR count). The van der Waals surface area contributed by atoms with Gasteiger partial charge in [-0.25, -0.2) is 0 Å². The standard InChI is InChI=1S/C12H18OS/c1-3-4-10(2)12(13)6-5-11-7-8-14-9-11/h7-10H,3-6H2,1-2H3. The van der Waals surface area contributed by atoms with Crippen LogP contribution < -0.4 is 0 Å². The number of rotatable bonds is 6. The van der Waals surface area contributed by atoms with E-state index in [1.165, 1.54) is 5.56 Å². The van der Waals surface area contributed by atoms with Gasteiger partial charge in [-0.1, -0.05) is 20.3 Å². The molecule has 1 heterocycles. The van der Waals surface area contributed by atoms with Crippen molar-refractivity contribution in [3.63, 3.8) is 0 Å². The predicted octanol–water partition coefficient (Wildman–Crippen LogP) is 3.69. The lowest BCUT2D eigenvalue weighted by atomic mass is 9.97. The molecule has 1 nitrogen and oxygen atoms in total. The number of hydrogen-bond acceptors (Lipinski definition) is 2. The fourth-order valence-electron chi connectivity index (χ4n) is 1.54. The predicted molar refractivity (Wildman–Crippen MR) is 61.7 cm³/mol. The van der Waals surface area contributed by atoms with Crippen LogP contribution in [0.3, 0.4) is 0 Å². The summed E-state index contributed by atoms with van der Waals surface area (Å²) >= 11 is 1.70. The van der Waals surface area contributed by atoms with Crippen molar-refractivity contribution in [2.24, 2.45) is 5.92 Å². The van der Waals surface area contributed by atoms with Crippen molar-refractivity contribution in [1.82, 2.24) is 0 Å². The van der Waals surface area contributed by atoms with Crippen LogP contribution in [0.1, 0.15) is 38.7 Å². The summed E-state index contributed by atoms with van der Waals surface area (Å²) < 4.78 is 0. The number of Topliss-reactive ketones (excluding diaryl/α,β-unsaturated/α-hetero) is 1. The van der Waals surface area contributed by atoms with Crippen LogP contribution in [0, 0.1) is 5.92 Å². The average Bonchev–Trinajstić information content (AvgIpc) is 2.67. The first-order valence-electron chi connectivity index (χ1n) is 5.27. The Morgan fingerprint density at radius 2 is 2.36 bits per heavy atom. The number of aryl methyl sites for hydroxylation is 1. The van der Waals surface area contributed by atoms with Gasteiger partial charge in [0.05, 0.1) is 0 Å². The molecule has 2 heteroatoms. The van der Waals surface area contributed by atoms with E-state index >= 15 is 0 Å². The fraction of sp³-hybridized carbons (Fsp3) is 0.583. The maximum atomic E-state index is 11.6. The summed E-state index contributed by atoms with van der Waals surface area (Å²) in [7, 11) is 0. The van der Waals surface area contributed by atoms with E-state index in [0.29, 0.717) is 12.2 Å². The SMILES string of the molecule is CCCC(C)C(=O)CCc1ccsc1. The smallest absolute Gasteiger partial charge is 0.136 e. The molecule has 0 aliphatic carbocycles. The van der Waals surface area contributed by atoms with E-state index in [1.807, 2.05) is 6.92 Å². The fourth-order valence-corrected chi connectivity index (χ4v) is 2.25. The molecule has 1 aromatic heterocycles. The molecule has 1 aromatic rings. The van der Waals surface area contributed by atoms with Gasteiger partial charge in [-0.3, -0.25) is 4.79 Å². The summed E-state index contributed by atoms with van der Waals surface area (Å²) in [4.78, 5) is 11.6. The summed E-state index contributed by atoms with van der Waals surface area (Å²) in [5.74, 6) is 0.664. The van der Waals surface area contributed by atoms with Crippen LogP contribution in [-0.2, 0) is 11.2 Å². The van der Waals surface area contributed by atoms with E-state index in [9.17, 15) is 4.79 Å². The molecule has 0 saturated carbocycles. The molecule has 0 aliphatic heterocycles. The van der Waals surface area contributed by atoms with Gasteiger partial charge in [0.15, 0.2) is 0 Å². The van der Waals surface area contributed by atoms with E-state index < -0.39 is 0 Å². The molecule has 14 heavy (non-hydrogen) atoms. The van der Waals surface area contributed by atoms with Crippen LogP contribution in [0.25, 0.3) is 0 Å². The molecule has 0 amide bonds. The Morgan fingerprint density at radius 1 is 1.57 bits per heavy atom. The summed E-state index contributed by atoms with van der Waals surface area (Å²) in [6.45, 7) is 4.17. The highest BCUT2D eigenvalue weighted by atomic mass is 32.1. The van der Waals surface area contributed by atoms with Gasteiger partial charge in [0.25, 0.3) is 0 Å². The Labute approximate surface area is 90.2 Å². The summed E-state index contributed by atoms with van der Waals surface area (Å²) in [5, 5.41) is 4.19. The highest BCUT2D eigenvalue weighted by Gasteiger charge is 2.11. The van der Waals surface area contributed by atoms with Crippen molar-refractivity contribution in [2.45, 2.75) is 39.5 Å². The molecule has 0 N–H and O–H groups in total. The third kappa shape index (κ3) is 3.62. The van der Waals surface area contributed by atoms with Crippen molar-refractivity contribution >= 4 is 17.1 Å². The summed E-state index contributed by atoms with van der Waals surface area (Å²) in [6, 6.07) is 2.10. The third-order valence-corrected chi connectivity index (χ3v) is 3.24. The molecule has 0 aliphatic rings. The zero-order valence-corrected chi connectivity index (χ0v) is 9.77. The Morgan fingerprint density at radius 3 is 2.93 bits per heavy atom. The largest absolute Gasteiger partial charge is 0.299 e. The number of ketones is 1. The minimum absolute atomic E-state index is 0.249. The second-order valence-corrected chi connectivity index (χ2v) is 4.57. The van der Waals surface area contributed by atoms with Crippen molar-refractivity contribution in [3.8, 4) is 0 Å². The Hall–Kier alpha value is -0.630. The molecule has 0 aromatic carbocycles. The lowest BCUT2D eigenvalue weighted by molar-refractivity contribution is -0.122. The van der Waals surface area contributed by atoms with Gasteiger partial charge < -0.3 is 0 Å². The van der Waals surface area contributed by atoms with E-state index in [-0.39, 0.29) is 5.92 Å². The van der Waals surface area contributed by atoms with Crippen LogP contribution >= 0.6 is 11.3 Å². The van der Waals surface area contributed by atoms with Crippen LogP contribution in [0.4, 0.5) is 0 Å². The minimum atomic E-state index is 0.249. The van der Waals surface area contributed by atoms with Crippen molar-refractivity contribution < 1.29 is 4.79 Å². The van der Waals surface area contributed by atoms with Gasteiger partial charge in [-0.05, 0) is 35.2 Å². The van der Waals surface area contributed by atoms with Gasteiger partial charge >= 0.3 is 0 Å². The maximum Gasteiger partial charge on any atom is 0.136 e. The maximum absolute atomic E-state index is 11.6. The van der Waals surface area contributed by atoms with Gasteiger partial charge in [0, 0.05) is 12.3 Å². The lowest BCUT2D eigenvalue weighted by Gasteiger charge is -2.07. The molecule has 1 atom stereocenters. The first-order valence-corrected chi connectivity index (χ1v) is 6.22. The van der Waals surface area contributed by atoms with Crippen molar-refractivity contribution in [2.75, 3.05) is 0 Å². The molecular formula is C12H18OS. The second kappa shape index (κ2) is 5.97. The topological polar surface area (TPSA) is 17.1 Å². The molecule has 1 unspecified atom stereocenters. The molecule has 0 fully saturated rings. The Bertz CT molecular complexity index is 264. The second-order valence-electron chi connectivity index (χ2n) is 3.79. The van der Waals surface area contributed by atoms with Crippen molar-refractivity contribution in [1.29, 1.82) is 0 Å². The zero-order valence-electron chi connectivity index (χ0n) is 8.95. The summed E-state index contributed by atoms with van der Waals surface area (Å²) in [5.41, 5.74) is 1.30. The van der Waals surface area contributed by atoms with Gasteiger partial charge in [0.2, 0.25) is 0 Å². The van der Waals surface area contributed by atoms with E-state index in [4.69, 9.17) is 0 Å². The normalized spacial score (nSPS) is 12.7. The van der Waals surface area contributed by atoms with E-state index in [2.05, 4.69) is 23.8 Å². The number of carbonyl (C=O) groups excluding carboxylic acids is 1. The molecular weight excluding hydrogens is 192 g/mol. The first kappa shape index (κ1) is 11.4. The van der Waals surface area contributed by atoms with Crippen LogP contribution in [0.5, 0.6) is 0 Å². The lowest BCUT2D eigenvalue weighted by Crippen LogP contribution is -2.11. The number of carbonyl (C=O) groups is 1. The Balaban J connectivity index is 2.27. The first-order chi connectivity index (χ1) is 6.74. The molecule has 0 saturated heterocycles. The minimum Gasteiger partial charge on any atom is -0.299 e. The van der Waals surface area contributed by atoms with E-state index in [1.54, 1.807) is 11.3 Å². The quantitative estimate of drug-likeness (QED) is 0.700. The summed E-state index contributed by atoms with van der Waals surface area (Å²) in [6.07, 6.45) is 3.75. The van der Waals surface area contributed by atoms with Crippen LogP contribution in [0.15, 0.2) is 16.8 Å². The highest BCUT2D eigenvalue weighted by Crippen LogP contribution is 2.13. The third-order valence-electron chi connectivity index (χ3n) is 2.51. The molecule has 0 spiro atoms. The van der Waals surface area contributed by atoms with Crippen LogP contribution in [0.2, 0.25) is 0 Å². The molecule has 0 radical (unpaired) electrons. The van der Waals surface area contributed by atoms with Gasteiger partial charge in [-0.15, -0.1) is 0 Å². The molecule has 78 valence electrons. The van der Waals surface area contributed by atoms with Crippen molar-refractivity contribution in [3.05, 3.63) is 22.4 Å². The highest BCUT2D eigenvalue weighted by molar-refractivity contribution is 7.07.